The normalized spacial score (nSPS) is 14.5. The van der Waals surface area contributed by atoms with E-state index in [2.05, 4.69) is 10.6 Å². The fraction of sp³-hybridized carbons (Fsp3) is 0.500. The van der Waals surface area contributed by atoms with Gasteiger partial charge in [-0.3, -0.25) is 4.79 Å². The second-order valence-corrected chi connectivity index (χ2v) is 4.85. The van der Waals surface area contributed by atoms with Crippen molar-refractivity contribution in [2.45, 2.75) is 26.5 Å². The predicted octanol–water partition coefficient (Wildman–Crippen LogP) is 1.73. The predicted molar refractivity (Wildman–Crippen MR) is 77.7 cm³/mol. The first-order valence-corrected chi connectivity index (χ1v) is 6.40. The minimum absolute atomic E-state index is 0. The van der Waals surface area contributed by atoms with Crippen molar-refractivity contribution in [2.75, 3.05) is 13.1 Å². The average Bonchev–Trinajstić information content (AvgIpc) is 2.25. The van der Waals surface area contributed by atoms with E-state index in [9.17, 15) is 4.79 Å². The number of carbonyl (C=O) groups excluding carboxylic acids is 1. The van der Waals surface area contributed by atoms with Crippen LogP contribution in [-0.2, 0) is 11.3 Å². The molecule has 106 valence electrons. The van der Waals surface area contributed by atoms with Gasteiger partial charge in [-0.15, -0.1) is 12.4 Å². The number of benzene rings is 1. The molecule has 0 radical (unpaired) electrons. The summed E-state index contributed by atoms with van der Waals surface area (Å²) in [6.07, 6.45) is 0.137. The lowest BCUT2D eigenvalue weighted by molar-refractivity contribution is -0.126. The highest BCUT2D eigenvalue weighted by Gasteiger charge is 2.24. The van der Waals surface area contributed by atoms with Gasteiger partial charge in [-0.25, -0.2) is 0 Å². The Morgan fingerprint density at radius 1 is 1.42 bits per heavy atom. The van der Waals surface area contributed by atoms with Gasteiger partial charge in [0, 0.05) is 25.2 Å². The van der Waals surface area contributed by atoms with E-state index in [-0.39, 0.29) is 30.3 Å². The van der Waals surface area contributed by atoms with Crippen LogP contribution in [-0.4, -0.2) is 25.1 Å². The lowest BCUT2D eigenvalue weighted by Gasteiger charge is -2.26. The number of carbonyl (C=O) groups is 1. The highest BCUT2D eigenvalue weighted by molar-refractivity contribution is 5.85. The van der Waals surface area contributed by atoms with Crippen molar-refractivity contribution in [3.05, 3.63) is 29.8 Å². The van der Waals surface area contributed by atoms with Crippen LogP contribution in [0.15, 0.2) is 24.3 Å². The van der Waals surface area contributed by atoms with Gasteiger partial charge in [0.1, 0.15) is 5.75 Å². The molecule has 5 heteroatoms. The molecule has 1 fully saturated rings. The fourth-order valence-electron chi connectivity index (χ4n) is 1.82. The maximum absolute atomic E-state index is 11.7. The third-order valence-corrected chi connectivity index (χ3v) is 2.94. The van der Waals surface area contributed by atoms with Crippen molar-refractivity contribution in [2.24, 2.45) is 5.92 Å². The summed E-state index contributed by atoms with van der Waals surface area (Å²) in [5, 5.41) is 6.05. The van der Waals surface area contributed by atoms with Crippen LogP contribution in [0.5, 0.6) is 5.75 Å². The summed E-state index contributed by atoms with van der Waals surface area (Å²) in [4.78, 5) is 11.7. The van der Waals surface area contributed by atoms with Gasteiger partial charge in [0.15, 0.2) is 0 Å². The summed E-state index contributed by atoms with van der Waals surface area (Å²) in [7, 11) is 0. The van der Waals surface area contributed by atoms with Crippen LogP contribution in [0.4, 0.5) is 0 Å². The summed E-state index contributed by atoms with van der Waals surface area (Å²) in [6.45, 7) is 6.09. The van der Waals surface area contributed by atoms with E-state index in [1.807, 2.05) is 38.1 Å². The first kappa shape index (κ1) is 15.8. The van der Waals surface area contributed by atoms with Crippen LogP contribution >= 0.6 is 12.4 Å². The van der Waals surface area contributed by atoms with Gasteiger partial charge in [0.05, 0.1) is 12.0 Å². The Morgan fingerprint density at radius 3 is 2.68 bits per heavy atom. The van der Waals surface area contributed by atoms with Gasteiger partial charge in [0.25, 0.3) is 0 Å². The third kappa shape index (κ3) is 4.40. The van der Waals surface area contributed by atoms with E-state index in [0.29, 0.717) is 6.54 Å². The van der Waals surface area contributed by atoms with Gasteiger partial charge in [-0.1, -0.05) is 18.2 Å². The molecule has 2 N–H and O–H groups in total. The number of para-hydroxylation sites is 1. The molecule has 0 atom stereocenters. The number of ether oxygens (including phenoxy) is 1. The maximum atomic E-state index is 11.7. The molecule has 0 spiro atoms. The van der Waals surface area contributed by atoms with Crippen LogP contribution in [0.2, 0.25) is 0 Å². The Labute approximate surface area is 120 Å². The first-order valence-electron chi connectivity index (χ1n) is 6.40. The van der Waals surface area contributed by atoms with Crippen molar-refractivity contribution in [3.63, 3.8) is 0 Å². The molecule has 4 nitrogen and oxygen atoms in total. The highest BCUT2D eigenvalue weighted by atomic mass is 35.5. The van der Waals surface area contributed by atoms with Crippen LogP contribution in [0.1, 0.15) is 19.4 Å². The standard InChI is InChI=1S/C14H20N2O2.ClH/c1-10(2)18-13-6-4-3-5-11(13)9-16-14(17)12-7-15-8-12;/h3-6,10,12,15H,7-9H2,1-2H3,(H,16,17);1H. The molecule has 1 saturated heterocycles. The Hall–Kier alpha value is -1.26. The zero-order valence-corrected chi connectivity index (χ0v) is 12.1. The average molecular weight is 285 g/mol. The molecular weight excluding hydrogens is 264 g/mol. The zero-order chi connectivity index (χ0) is 13.0. The summed E-state index contributed by atoms with van der Waals surface area (Å²) < 4.78 is 5.71. The number of nitrogens with one attached hydrogen (secondary N) is 2. The monoisotopic (exact) mass is 284 g/mol. The van der Waals surface area contributed by atoms with Crippen molar-refractivity contribution < 1.29 is 9.53 Å². The van der Waals surface area contributed by atoms with E-state index in [1.165, 1.54) is 0 Å². The second kappa shape index (κ2) is 7.36. The van der Waals surface area contributed by atoms with Crippen molar-refractivity contribution >= 4 is 18.3 Å². The molecule has 2 rings (SSSR count). The van der Waals surface area contributed by atoms with Gasteiger partial charge in [-0.2, -0.15) is 0 Å². The molecule has 1 aliphatic rings. The lowest BCUT2D eigenvalue weighted by Crippen LogP contribution is -2.50. The van der Waals surface area contributed by atoms with Crippen molar-refractivity contribution in [1.82, 2.24) is 10.6 Å². The number of hydrogen-bond acceptors (Lipinski definition) is 3. The molecule has 0 aromatic heterocycles. The van der Waals surface area contributed by atoms with Crippen LogP contribution in [0, 0.1) is 5.92 Å². The molecule has 0 unspecified atom stereocenters. The quantitative estimate of drug-likeness (QED) is 0.866. The van der Waals surface area contributed by atoms with Crippen molar-refractivity contribution in [3.8, 4) is 5.75 Å². The Balaban J connectivity index is 0.00000180. The second-order valence-electron chi connectivity index (χ2n) is 4.85. The van der Waals surface area contributed by atoms with Gasteiger partial charge in [-0.05, 0) is 19.9 Å². The zero-order valence-electron chi connectivity index (χ0n) is 11.3. The van der Waals surface area contributed by atoms with Gasteiger partial charge in [0.2, 0.25) is 5.91 Å². The third-order valence-electron chi connectivity index (χ3n) is 2.94. The minimum Gasteiger partial charge on any atom is -0.491 e. The summed E-state index contributed by atoms with van der Waals surface area (Å²) in [5.41, 5.74) is 1.02. The van der Waals surface area contributed by atoms with Gasteiger partial charge >= 0.3 is 0 Å². The molecule has 1 aromatic rings. The topological polar surface area (TPSA) is 50.4 Å². The molecule has 1 amide bonds. The summed E-state index contributed by atoms with van der Waals surface area (Å²) >= 11 is 0. The molecule has 0 aliphatic carbocycles. The minimum atomic E-state index is 0. The van der Waals surface area contributed by atoms with E-state index in [4.69, 9.17) is 4.74 Å². The molecule has 0 saturated carbocycles. The largest absolute Gasteiger partial charge is 0.491 e. The molecule has 0 bridgehead atoms. The fourth-order valence-corrected chi connectivity index (χ4v) is 1.82. The Kier molecular flexibility index (Phi) is 6.12. The van der Waals surface area contributed by atoms with Crippen LogP contribution in [0.25, 0.3) is 0 Å². The number of hydrogen-bond donors (Lipinski definition) is 2. The molecule has 1 aliphatic heterocycles. The summed E-state index contributed by atoms with van der Waals surface area (Å²) in [5.74, 6) is 1.09. The number of amides is 1. The van der Waals surface area contributed by atoms with Gasteiger partial charge < -0.3 is 15.4 Å². The lowest BCUT2D eigenvalue weighted by atomic mass is 10.0. The molecular formula is C14H21ClN2O2. The van der Waals surface area contributed by atoms with E-state index >= 15 is 0 Å². The van der Waals surface area contributed by atoms with Crippen LogP contribution < -0.4 is 15.4 Å². The number of halogens is 1. The molecule has 1 aromatic carbocycles. The maximum Gasteiger partial charge on any atom is 0.225 e. The summed E-state index contributed by atoms with van der Waals surface area (Å²) in [6, 6.07) is 7.82. The smallest absolute Gasteiger partial charge is 0.225 e. The number of rotatable bonds is 5. The molecule has 1 heterocycles. The first-order chi connectivity index (χ1) is 8.66. The van der Waals surface area contributed by atoms with E-state index in [1.54, 1.807) is 0 Å². The van der Waals surface area contributed by atoms with Crippen LogP contribution in [0.3, 0.4) is 0 Å². The Morgan fingerprint density at radius 2 is 2.11 bits per heavy atom. The molecule has 19 heavy (non-hydrogen) atoms. The highest BCUT2D eigenvalue weighted by Crippen LogP contribution is 2.19. The van der Waals surface area contributed by atoms with E-state index < -0.39 is 0 Å². The SMILES string of the molecule is CC(C)Oc1ccccc1CNC(=O)C1CNC1.Cl. The van der Waals surface area contributed by atoms with Crippen molar-refractivity contribution in [1.29, 1.82) is 0 Å². The Bertz CT molecular complexity index is 420. The van der Waals surface area contributed by atoms with E-state index in [0.717, 1.165) is 24.4 Å².